The number of carboxylic acids is 2. The Bertz CT molecular complexity index is 934. The lowest BCUT2D eigenvalue weighted by atomic mass is 10.0. The smallest absolute Gasteiger partial charge is 0.328 e. The first-order valence-electron chi connectivity index (χ1n) is 12.3. The maximum Gasteiger partial charge on any atom is 0.328 e. The molecule has 0 unspecified atom stereocenters. The van der Waals surface area contributed by atoms with E-state index in [4.69, 9.17) is 10.2 Å². The number of anilines is 1. The van der Waals surface area contributed by atoms with Crippen LogP contribution in [0.1, 0.15) is 42.4 Å². The highest BCUT2D eigenvalue weighted by Gasteiger charge is 2.18. The van der Waals surface area contributed by atoms with E-state index in [9.17, 15) is 9.59 Å². The van der Waals surface area contributed by atoms with Gasteiger partial charge in [-0.15, -0.1) is 0 Å². The number of carboxylic acid groups (broad SMARTS) is 2. The summed E-state index contributed by atoms with van der Waals surface area (Å²) in [5.74, 6) is -2.51. The van der Waals surface area contributed by atoms with E-state index in [1.54, 1.807) is 11.1 Å². The summed E-state index contributed by atoms with van der Waals surface area (Å²) in [6.07, 6.45) is 10.3. The number of benzene rings is 2. The normalized spacial score (nSPS) is 16.3. The summed E-state index contributed by atoms with van der Waals surface area (Å²) in [6, 6.07) is 18.2. The third-order valence-electron chi connectivity index (χ3n) is 6.47. The minimum Gasteiger partial charge on any atom is -0.478 e. The molecule has 0 bridgehead atoms. The Balaban J connectivity index is 0.000000350. The standard InChI is InChI=1S/C24H32N2.C4H4O4/c1-3-8-21(9-4-1)10-7-15-25-16-18-26(19-17-25)24-14-13-22-11-5-2-6-12-23(22)20-24;5-3(6)1-2-4(7)8/h1,3-4,8-9,13-14,20H,2,5-7,10-12,15-19H2;1-2H,(H,5,6)(H,7,8)/b;2-1-. The van der Waals surface area contributed by atoms with E-state index in [1.807, 2.05) is 0 Å². The molecule has 1 heterocycles. The number of piperazine rings is 1. The van der Waals surface area contributed by atoms with Crippen LogP contribution in [0.25, 0.3) is 0 Å². The highest BCUT2D eigenvalue weighted by molar-refractivity contribution is 5.89. The van der Waals surface area contributed by atoms with Crippen molar-refractivity contribution in [2.45, 2.75) is 44.9 Å². The van der Waals surface area contributed by atoms with Gasteiger partial charge in [-0.1, -0.05) is 42.8 Å². The Hall–Kier alpha value is -3.12. The molecule has 6 nitrogen and oxygen atoms in total. The lowest BCUT2D eigenvalue weighted by Gasteiger charge is -2.36. The summed E-state index contributed by atoms with van der Waals surface area (Å²) in [4.78, 5) is 24.3. The van der Waals surface area contributed by atoms with Crippen molar-refractivity contribution in [3.8, 4) is 0 Å². The molecule has 34 heavy (non-hydrogen) atoms. The minimum atomic E-state index is -1.26. The largest absolute Gasteiger partial charge is 0.478 e. The van der Waals surface area contributed by atoms with Crippen molar-refractivity contribution < 1.29 is 19.8 Å². The highest BCUT2D eigenvalue weighted by atomic mass is 16.4. The van der Waals surface area contributed by atoms with Gasteiger partial charge in [0.25, 0.3) is 0 Å². The van der Waals surface area contributed by atoms with Gasteiger partial charge in [0.2, 0.25) is 0 Å². The molecule has 0 atom stereocenters. The van der Waals surface area contributed by atoms with Gasteiger partial charge in [0.1, 0.15) is 0 Å². The molecule has 1 aliphatic carbocycles. The highest BCUT2D eigenvalue weighted by Crippen LogP contribution is 2.26. The average Bonchev–Trinajstić information content (AvgIpc) is 3.09. The fraction of sp³-hybridized carbons (Fsp3) is 0.429. The maximum absolute atomic E-state index is 9.55. The monoisotopic (exact) mass is 464 g/mol. The second kappa shape index (κ2) is 13.6. The number of hydrogen-bond acceptors (Lipinski definition) is 4. The Labute approximate surface area is 202 Å². The summed E-state index contributed by atoms with van der Waals surface area (Å²) < 4.78 is 0. The number of hydrogen-bond donors (Lipinski definition) is 2. The van der Waals surface area contributed by atoms with Gasteiger partial charge in [0, 0.05) is 44.0 Å². The molecule has 182 valence electrons. The topological polar surface area (TPSA) is 81.1 Å². The fourth-order valence-electron chi connectivity index (χ4n) is 4.62. The third kappa shape index (κ3) is 8.67. The Morgan fingerprint density at radius 3 is 2.09 bits per heavy atom. The second-order valence-corrected chi connectivity index (χ2v) is 8.94. The van der Waals surface area contributed by atoms with Crippen molar-refractivity contribution in [3.05, 3.63) is 77.4 Å². The molecule has 1 saturated heterocycles. The van der Waals surface area contributed by atoms with Crippen LogP contribution in [0.4, 0.5) is 5.69 Å². The van der Waals surface area contributed by atoms with Gasteiger partial charge < -0.3 is 15.1 Å². The average molecular weight is 465 g/mol. The van der Waals surface area contributed by atoms with Crippen LogP contribution in [0.3, 0.4) is 0 Å². The third-order valence-corrected chi connectivity index (χ3v) is 6.47. The molecule has 2 aliphatic rings. The van der Waals surface area contributed by atoms with Crippen molar-refractivity contribution >= 4 is 17.6 Å². The van der Waals surface area contributed by atoms with Crippen LogP contribution in [0.5, 0.6) is 0 Å². The fourth-order valence-corrected chi connectivity index (χ4v) is 4.62. The number of fused-ring (bicyclic) bond motifs is 1. The van der Waals surface area contributed by atoms with Crippen LogP contribution in [-0.4, -0.2) is 59.8 Å². The first-order valence-corrected chi connectivity index (χ1v) is 12.3. The lowest BCUT2D eigenvalue weighted by molar-refractivity contribution is -0.134. The van der Waals surface area contributed by atoms with E-state index in [0.717, 1.165) is 0 Å². The summed E-state index contributed by atoms with van der Waals surface area (Å²) in [6.45, 7) is 5.97. The van der Waals surface area contributed by atoms with E-state index in [2.05, 4.69) is 58.3 Å². The van der Waals surface area contributed by atoms with Crippen LogP contribution < -0.4 is 4.90 Å². The molecule has 0 aromatic heterocycles. The molecule has 2 aromatic rings. The number of nitrogens with zero attached hydrogens (tertiary/aromatic N) is 2. The molecule has 1 fully saturated rings. The lowest BCUT2D eigenvalue weighted by Crippen LogP contribution is -2.46. The molecule has 0 radical (unpaired) electrons. The van der Waals surface area contributed by atoms with Crippen LogP contribution in [0.2, 0.25) is 0 Å². The Kier molecular flexibility index (Phi) is 10.2. The number of aliphatic carboxylic acids is 2. The molecule has 0 amide bonds. The van der Waals surface area contributed by atoms with Gasteiger partial charge >= 0.3 is 11.9 Å². The molecule has 2 N–H and O–H groups in total. The van der Waals surface area contributed by atoms with Gasteiger partial charge in [-0.05, 0) is 73.9 Å². The summed E-state index contributed by atoms with van der Waals surface area (Å²) in [7, 11) is 0. The molecular formula is C28H36N2O4. The van der Waals surface area contributed by atoms with Crippen LogP contribution in [-0.2, 0) is 28.9 Å². The number of rotatable bonds is 7. The SMILES string of the molecule is O=C(O)/C=C\C(=O)O.c1ccc(CCCN2CCN(c3ccc4c(c3)CCCCC4)CC2)cc1. The molecular weight excluding hydrogens is 428 g/mol. The van der Waals surface area contributed by atoms with Crippen LogP contribution in [0.15, 0.2) is 60.7 Å². The van der Waals surface area contributed by atoms with Crippen molar-refractivity contribution in [2.24, 2.45) is 0 Å². The van der Waals surface area contributed by atoms with Crippen molar-refractivity contribution in [1.82, 2.24) is 4.90 Å². The Morgan fingerprint density at radius 2 is 1.44 bits per heavy atom. The van der Waals surface area contributed by atoms with Crippen molar-refractivity contribution in [3.63, 3.8) is 0 Å². The summed E-state index contributed by atoms with van der Waals surface area (Å²) >= 11 is 0. The first-order chi connectivity index (χ1) is 16.5. The molecule has 1 aliphatic heterocycles. The van der Waals surface area contributed by atoms with Crippen molar-refractivity contribution in [2.75, 3.05) is 37.6 Å². The molecule has 2 aromatic carbocycles. The zero-order valence-electron chi connectivity index (χ0n) is 19.9. The second-order valence-electron chi connectivity index (χ2n) is 8.94. The van der Waals surface area contributed by atoms with Gasteiger partial charge in [0.15, 0.2) is 0 Å². The van der Waals surface area contributed by atoms with Crippen LogP contribution >= 0.6 is 0 Å². The zero-order chi connectivity index (χ0) is 24.2. The Morgan fingerprint density at radius 1 is 0.794 bits per heavy atom. The quantitative estimate of drug-likeness (QED) is 0.466. The molecule has 0 saturated carbocycles. The van der Waals surface area contributed by atoms with E-state index < -0.39 is 11.9 Å². The summed E-state index contributed by atoms with van der Waals surface area (Å²) in [5.41, 5.74) is 6.14. The minimum absolute atomic E-state index is 0.558. The molecule has 6 heteroatoms. The van der Waals surface area contributed by atoms with E-state index in [0.29, 0.717) is 12.2 Å². The summed E-state index contributed by atoms with van der Waals surface area (Å²) in [5, 5.41) is 15.6. The first kappa shape index (κ1) is 25.5. The van der Waals surface area contributed by atoms with Crippen LogP contribution in [0, 0.1) is 0 Å². The van der Waals surface area contributed by atoms with E-state index in [-0.39, 0.29) is 0 Å². The predicted molar refractivity (Wildman–Crippen MR) is 136 cm³/mol. The van der Waals surface area contributed by atoms with Gasteiger partial charge in [-0.2, -0.15) is 0 Å². The van der Waals surface area contributed by atoms with Gasteiger partial charge in [0.05, 0.1) is 0 Å². The van der Waals surface area contributed by atoms with Crippen molar-refractivity contribution in [1.29, 1.82) is 0 Å². The maximum atomic E-state index is 9.55. The number of aryl methyl sites for hydroxylation is 3. The van der Waals surface area contributed by atoms with E-state index in [1.165, 1.54) is 88.9 Å². The molecule has 4 rings (SSSR count). The van der Waals surface area contributed by atoms with E-state index >= 15 is 0 Å². The molecule has 0 spiro atoms. The van der Waals surface area contributed by atoms with Gasteiger partial charge in [-0.25, -0.2) is 9.59 Å². The van der Waals surface area contributed by atoms with Gasteiger partial charge in [-0.3, -0.25) is 4.90 Å². The number of carbonyl (C=O) groups is 2. The predicted octanol–water partition coefficient (Wildman–Crippen LogP) is 4.42. The zero-order valence-corrected chi connectivity index (χ0v) is 19.9.